The highest BCUT2D eigenvalue weighted by Gasteiger charge is 1.99. The van der Waals surface area contributed by atoms with Crippen molar-refractivity contribution in [2.75, 3.05) is 5.32 Å². The van der Waals surface area contributed by atoms with E-state index in [0.717, 1.165) is 11.3 Å². The van der Waals surface area contributed by atoms with Crippen molar-refractivity contribution in [2.45, 2.75) is 20.4 Å². The summed E-state index contributed by atoms with van der Waals surface area (Å²) in [4.78, 5) is 22.4. The third-order valence-electron chi connectivity index (χ3n) is 2.27. The molecule has 0 fully saturated rings. The molecule has 0 heterocycles. The molecule has 19 heavy (non-hydrogen) atoms. The second kappa shape index (κ2) is 7.87. The van der Waals surface area contributed by atoms with Gasteiger partial charge in [-0.1, -0.05) is 30.4 Å². The van der Waals surface area contributed by atoms with Crippen LogP contribution in [0.25, 0.3) is 0 Å². The van der Waals surface area contributed by atoms with Gasteiger partial charge in [0.2, 0.25) is 11.8 Å². The molecule has 0 aliphatic rings. The molecular formula is C15H18N2O2. The molecule has 0 saturated carbocycles. The molecule has 0 aliphatic carbocycles. The van der Waals surface area contributed by atoms with E-state index in [1.807, 2.05) is 31.2 Å². The quantitative estimate of drug-likeness (QED) is 0.629. The smallest absolute Gasteiger partial charge is 0.244 e. The number of carbonyl (C=O) groups excluding carboxylic acids is 2. The van der Waals surface area contributed by atoms with E-state index in [2.05, 4.69) is 10.6 Å². The molecule has 4 heteroatoms. The Morgan fingerprint density at radius 1 is 1.26 bits per heavy atom. The molecule has 0 unspecified atom stereocenters. The summed E-state index contributed by atoms with van der Waals surface area (Å²) >= 11 is 0. The van der Waals surface area contributed by atoms with Crippen molar-refractivity contribution in [1.82, 2.24) is 5.32 Å². The summed E-state index contributed by atoms with van der Waals surface area (Å²) in [5.74, 6) is -0.265. The molecular weight excluding hydrogens is 240 g/mol. The Hall–Kier alpha value is -2.36. The van der Waals surface area contributed by atoms with Gasteiger partial charge in [0, 0.05) is 25.2 Å². The zero-order chi connectivity index (χ0) is 14.1. The predicted molar refractivity (Wildman–Crippen MR) is 76.5 cm³/mol. The van der Waals surface area contributed by atoms with Crippen LogP contribution >= 0.6 is 0 Å². The molecule has 1 rings (SSSR count). The van der Waals surface area contributed by atoms with Crippen LogP contribution in [0.5, 0.6) is 0 Å². The number of amides is 2. The van der Waals surface area contributed by atoms with Gasteiger partial charge in [0.15, 0.2) is 0 Å². The fourth-order valence-corrected chi connectivity index (χ4v) is 1.46. The topological polar surface area (TPSA) is 58.2 Å². The number of rotatable bonds is 5. The number of nitrogens with one attached hydrogen (secondary N) is 2. The molecule has 2 amide bonds. The first-order valence-corrected chi connectivity index (χ1v) is 6.05. The number of anilines is 1. The van der Waals surface area contributed by atoms with Crippen LogP contribution in [0.4, 0.5) is 5.69 Å². The summed E-state index contributed by atoms with van der Waals surface area (Å²) < 4.78 is 0. The summed E-state index contributed by atoms with van der Waals surface area (Å²) in [5.41, 5.74) is 1.66. The van der Waals surface area contributed by atoms with Crippen LogP contribution in [-0.2, 0) is 16.1 Å². The highest BCUT2D eigenvalue weighted by atomic mass is 16.2. The molecule has 0 bridgehead atoms. The second-order valence-corrected chi connectivity index (χ2v) is 3.98. The maximum absolute atomic E-state index is 11.5. The number of allylic oxidation sites excluding steroid dienone is 3. The Morgan fingerprint density at radius 2 is 2.05 bits per heavy atom. The minimum absolute atomic E-state index is 0.115. The summed E-state index contributed by atoms with van der Waals surface area (Å²) in [6.45, 7) is 3.77. The van der Waals surface area contributed by atoms with Crippen LogP contribution in [0.2, 0.25) is 0 Å². The van der Waals surface area contributed by atoms with Crippen molar-refractivity contribution in [3.8, 4) is 0 Å². The molecule has 1 aromatic carbocycles. The number of hydrogen-bond acceptors (Lipinski definition) is 2. The van der Waals surface area contributed by atoms with Gasteiger partial charge in [-0.2, -0.15) is 0 Å². The Kier molecular flexibility index (Phi) is 6.09. The first-order valence-electron chi connectivity index (χ1n) is 6.05. The van der Waals surface area contributed by atoms with Gasteiger partial charge in [0.05, 0.1) is 0 Å². The molecule has 0 atom stereocenters. The lowest BCUT2D eigenvalue weighted by molar-refractivity contribution is -0.116. The Bertz CT molecular complexity index is 505. The standard InChI is InChI=1S/C15H18N2O2/c1-3-4-5-9-15(19)16-11-13-7-6-8-14(10-13)17-12(2)18/h3-10H,11H2,1-2H3,(H,16,19)(H,17,18). The molecule has 4 nitrogen and oxygen atoms in total. The van der Waals surface area contributed by atoms with Crippen LogP contribution < -0.4 is 10.6 Å². The molecule has 1 aromatic rings. The van der Waals surface area contributed by atoms with Gasteiger partial charge in [0.25, 0.3) is 0 Å². The van der Waals surface area contributed by atoms with Crippen molar-refractivity contribution >= 4 is 17.5 Å². The van der Waals surface area contributed by atoms with Crippen molar-refractivity contribution in [3.63, 3.8) is 0 Å². The van der Waals surface area contributed by atoms with Crippen molar-refractivity contribution in [2.24, 2.45) is 0 Å². The zero-order valence-corrected chi connectivity index (χ0v) is 11.1. The SMILES string of the molecule is CC=CC=CC(=O)NCc1cccc(NC(C)=O)c1. The summed E-state index contributed by atoms with van der Waals surface area (Å²) in [7, 11) is 0. The van der Waals surface area contributed by atoms with Gasteiger partial charge in [-0.15, -0.1) is 0 Å². The predicted octanol–water partition coefficient (Wildman–Crippen LogP) is 2.39. The van der Waals surface area contributed by atoms with E-state index < -0.39 is 0 Å². The van der Waals surface area contributed by atoms with Crippen molar-refractivity contribution < 1.29 is 9.59 Å². The van der Waals surface area contributed by atoms with Gasteiger partial charge >= 0.3 is 0 Å². The van der Waals surface area contributed by atoms with E-state index >= 15 is 0 Å². The highest BCUT2D eigenvalue weighted by molar-refractivity contribution is 5.89. The third-order valence-corrected chi connectivity index (χ3v) is 2.27. The lowest BCUT2D eigenvalue weighted by atomic mass is 10.2. The third kappa shape index (κ3) is 6.21. The van der Waals surface area contributed by atoms with E-state index in [4.69, 9.17) is 0 Å². The Labute approximate surface area is 113 Å². The van der Waals surface area contributed by atoms with Crippen molar-refractivity contribution in [3.05, 3.63) is 54.1 Å². The fourth-order valence-electron chi connectivity index (χ4n) is 1.46. The molecule has 0 radical (unpaired) electrons. The molecule has 0 aliphatic heterocycles. The Morgan fingerprint density at radius 3 is 2.74 bits per heavy atom. The average Bonchev–Trinajstić information content (AvgIpc) is 2.36. The molecule has 100 valence electrons. The summed E-state index contributed by atoms with van der Waals surface area (Å²) in [5, 5.41) is 5.47. The monoisotopic (exact) mass is 258 g/mol. The van der Waals surface area contributed by atoms with E-state index in [0.29, 0.717) is 6.54 Å². The minimum Gasteiger partial charge on any atom is -0.348 e. The van der Waals surface area contributed by atoms with Gasteiger partial charge in [-0.25, -0.2) is 0 Å². The lowest BCUT2D eigenvalue weighted by Gasteiger charge is -2.06. The van der Waals surface area contributed by atoms with E-state index in [1.165, 1.54) is 13.0 Å². The van der Waals surface area contributed by atoms with Gasteiger partial charge in [-0.3, -0.25) is 9.59 Å². The van der Waals surface area contributed by atoms with E-state index in [-0.39, 0.29) is 11.8 Å². The Balaban J connectivity index is 2.53. The van der Waals surface area contributed by atoms with Gasteiger partial charge < -0.3 is 10.6 Å². The van der Waals surface area contributed by atoms with Crippen LogP contribution in [0.3, 0.4) is 0 Å². The number of carbonyl (C=O) groups is 2. The average molecular weight is 258 g/mol. The lowest BCUT2D eigenvalue weighted by Crippen LogP contribution is -2.20. The minimum atomic E-state index is -0.150. The normalized spacial score (nSPS) is 10.8. The first kappa shape index (κ1) is 14.7. The second-order valence-electron chi connectivity index (χ2n) is 3.98. The maximum atomic E-state index is 11.5. The largest absolute Gasteiger partial charge is 0.348 e. The summed E-state index contributed by atoms with van der Waals surface area (Å²) in [6.07, 6.45) is 6.79. The number of benzene rings is 1. The van der Waals surface area contributed by atoms with Gasteiger partial charge in [0.1, 0.15) is 0 Å². The first-order chi connectivity index (χ1) is 9.11. The van der Waals surface area contributed by atoms with Crippen LogP contribution in [-0.4, -0.2) is 11.8 Å². The highest BCUT2D eigenvalue weighted by Crippen LogP contribution is 2.10. The van der Waals surface area contributed by atoms with E-state index in [9.17, 15) is 9.59 Å². The molecule has 0 aromatic heterocycles. The van der Waals surface area contributed by atoms with Crippen LogP contribution in [0.15, 0.2) is 48.6 Å². The molecule has 0 saturated heterocycles. The van der Waals surface area contributed by atoms with Crippen LogP contribution in [0, 0.1) is 0 Å². The fraction of sp³-hybridized carbons (Fsp3) is 0.200. The molecule has 2 N–H and O–H groups in total. The zero-order valence-electron chi connectivity index (χ0n) is 11.1. The molecule has 0 spiro atoms. The number of hydrogen-bond donors (Lipinski definition) is 2. The maximum Gasteiger partial charge on any atom is 0.244 e. The van der Waals surface area contributed by atoms with E-state index in [1.54, 1.807) is 18.2 Å². The van der Waals surface area contributed by atoms with Crippen molar-refractivity contribution in [1.29, 1.82) is 0 Å². The van der Waals surface area contributed by atoms with Gasteiger partial charge in [-0.05, 0) is 24.6 Å². The summed E-state index contributed by atoms with van der Waals surface area (Å²) in [6, 6.07) is 7.36. The van der Waals surface area contributed by atoms with Crippen LogP contribution in [0.1, 0.15) is 19.4 Å².